The molecular formula is C22H28FN3O5. The predicted molar refractivity (Wildman–Crippen MR) is 110 cm³/mol. The van der Waals surface area contributed by atoms with E-state index in [1.807, 2.05) is 6.92 Å². The average Bonchev–Trinajstić information content (AvgIpc) is 2.84. The first-order chi connectivity index (χ1) is 14.4. The van der Waals surface area contributed by atoms with Crippen molar-refractivity contribution in [1.29, 1.82) is 0 Å². The first-order valence-electron chi connectivity index (χ1n) is 10.3. The van der Waals surface area contributed by atoms with Crippen molar-refractivity contribution < 1.29 is 28.3 Å². The molecule has 2 N–H and O–H groups in total. The fraction of sp³-hybridized carbons (Fsp3) is 0.545. The number of hydrogen-bond acceptors (Lipinski definition) is 5. The number of benzene rings is 1. The Morgan fingerprint density at radius 2 is 2.00 bits per heavy atom. The zero-order valence-corrected chi connectivity index (χ0v) is 18.2. The Morgan fingerprint density at radius 1 is 1.29 bits per heavy atom. The van der Waals surface area contributed by atoms with Crippen LogP contribution in [0.4, 0.5) is 14.9 Å². The third kappa shape index (κ3) is 5.03. The molecule has 8 nitrogen and oxygen atoms in total. The maximum absolute atomic E-state index is 13.6. The molecule has 168 valence electrons. The van der Waals surface area contributed by atoms with Gasteiger partial charge in [-0.25, -0.2) is 9.18 Å². The van der Waals surface area contributed by atoms with E-state index in [2.05, 4.69) is 24.5 Å². The van der Waals surface area contributed by atoms with Gasteiger partial charge in [0.2, 0.25) is 0 Å². The summed E-state index contributed by atoms with van der Waals surface area (Å²) in [6.45, 7) is 6.55. The van der Waals surface area contributed by atoms with Gasteiger partial charge in [-0.1, -0.05) is 26.8 Å². The molecule has 0 bridgehead atoms. The van der Waals surface area contributed by atoms with Crippen LogP contribution in [-0.2, 0) is 19.1 Å². The van der Waals surface area contributed by atoms with Crippen LogP contribution in [-0.4, -0.2) is 47.4 Å². The fourth-order valence-corrected chi connectivity index (χ4v) is 4.84. The van der Waals surface area contributed by atoms with E-state index in [-0.39, 0.29) is 17.0 Å². The highest BCUT2D eigenvalue weighted by Gasteiger charge is 2.56. The molecule has 0 aromatic heterocycles. The lowest BCUT2D eigenvalue weighted by Gasteiger charge is -2.43. The zero-order valence-electron chi connectivity index (χ0n) is 18.2. The molecule has 2 atom stereocenters. The Kier molecular flexibility index (Phi) is 6.07. The van der Waals surface area contributed by atoms with Gasteiger partial charge < -0.3 is 15.4 Å². The maximum Gasteiger partial charge on any atom is 0.326 e. The van der Waals surface area contributed by atoms with Gasteiger partial charge in [0.25, 0.3) is 11.8 Å². The second-order valence-corrected chi connectivity index (χ2v) is 9.43. The minimum atomic E-state index is -1.01. The molecule has 2 aliphatic rings. The number of hydrogen-bond donors (Lipinski definition) is 2. The number of ether oxygens (including phenoxy) is 1. The van der Waals surface area contributed by atoms with Gasteiger partial charge in [0.1, 0.15) is 17.9 Å². The van der Waals surface area contributed by atoms with Crippen molar-refractivity contribution in [3.05, 3.63) is 29.6 Å². The first kappa shape index (κ1) is 22.7. The van der Waals surface area contributed by atoms with Gasteiger partial charge >= 0.3 is 12.0 Å². The molecule has 9 heteroatoms. The van der Waals surface area contributed by atoms with Crippen LogP contribution in [0.5, 0.6) is 0 Å². The normalized spacial score (nSPS) is 24.8. The first-order valence-corrected chi connectivity index (χ1v) is 10.3. The van der Waals surface area contributed by atoms with E-state index in [1.54, 1.807) is 6.92 Å². The van der Waals surface area contributed by atoms with Crippen molar-refractivity contribution in [3.63, 3.8) is 0 Å². The summed E-state index contributed by atoms with van der Waals surface area (Å²) in [4.78, 5) is 50.4. The third-order valence-corrected chi connectivity index (χ3v) is 5.73. The number of esters is 1. The number of carbonyl (C=O) groups is 4. The number of urea groups is 1. The molecule has 1 heterocycles. The molecule has 31 heavy (non-hydrogen) atoms. The van der Waals surface area contributed by atoms with Crippen molar-refractivity contribution >= 4 is 29.5 Å². The molecule has 1 aliphatic carbocycles. The molecule has 0 radical (unpaired) electrons. The number of halogens is 1. The number of imide groups is 1. The highest BCUT2D eigenvalue weighted by atomic mass is 19.1. The summed E-state index contributed by atoms with van der Waals surface area (Å²) >= 11 is 0. The monoisotopic (exact) mass is 433 g/mol. The molecule has 1 aliphatic heterocycles. The molecule has 2 fully saturated rings. The molecule has 1 saturated carbocycles. The van der Waals surface area contributed by atoms with E-state index >= 15 is 0 Å². The molecule has 1 aromatic rings. The van der Waals surface area contributed by atoms with Crippen molar-refractivity contribution in [1.82, 2.24) is 10.2 Å². The second kappa shape index (κ2) is 8.28. The summed E-state index contributed by atoms with van der Waals surface area (Å²) < 4.78 is 18.5. The summed E-state index contributed by atoms with van der Waals surface area (Å²) in [5, 5.41) is 5.20. The lowest BCUT2D eigenvalue weighted by atomic mass is 9.64. The Morgan fingerprint density at radius 3 is 2.65 bits per heavy atom. The van der Waals surface area contributed by atoms with Crippen LogP contribution >= 0.6 is 0 Å². The number of nitrogens with zero attached hydrogens (tertiary/aromatic N) is 1. The largest absolute Gasteiger partial charge is 0.454 e. The summed E-state index contributed by atoms with van der Waals surface area (Å²) in [5.41, 5.74) is -0.462. The standard InChI is InChI=1S/C22H28FN3O5/c1-13-8-21(3,4)12-22(9-13)19(29)26(20(30)25-22)10-18(28)31-11-17(27)24-15-6-5-14(2)16(23)7-15/h5-7,13H,8-12H2,1-4H3,(H,24,27)(H,25,30)/t13-,22-/m1/s1. The van der Waals surface area contributed by atoms with E-state index in [4.69, 9.17) is 4.74 Å². The number of anilines is 1. The molecular weight excluding hydrogens is 405 g/mol. The van der Waals surface area contributed by atoms with Gasteiger partial charge in [0.15, 0.2) is 6.61 Å². The molecule has 0 unspecified atom stereocenters. The van der Waals surface area contributed by atoms with Crippen LogP contribution in [0.1, 0.15) is 45.6 Å². The maximum atomic E-state index is 13.6. The number of carbonyl (C=O) groups excluding carboxylic acids is 4. The van der Waals surface area contributed by atoms with Crippen molar-refractivity contribution in [2.24, 2.45) is 11.3 Å². The van der Waals surface area contributed by atoms with Gasteiger partial charge in [0, 0.05) is 5.69 Å². The summed E-state index contributed by atoms with van der Waals surface area (Å²) in [6.07, 6.45) is 1.96. The van der Waals surface area contributed by atoms with Crippen molar-refractivity contribution in [2.75, 3.05) is 18.5 Å². The van der Waals surface area contributed by atoms with E-state index in [1.165, 1.54) is 12.1 Å². The van der Waals surface area contributed by atoms with Gasteiger partial charge in [-0.2, -0.15) is 0 Å². The highest BCUT2D eigenvalue weighted by molar-refractivity contribution is 6.09. The van der Waals surface area contributed by atoms with E-state index in [0.29, 0.717) is 18.4 Å². The van der Waals surface area contributed by atoms with Crippen LogP contribution in [0.15, 0.2) is 18.2 Å². The zero-order chi connectivity index (χ0) is 23.0. The lowest BCUT2D eigenvalue weighted by Crippen LogP contribution is -2.54. The molecule has 3 rings (SSSR count). The fourth-order valence-electron chi connectivity index (χ4n) is 4.84. The highest BCUT2D eigenvalue weighted by Crippen LogP contribution is 2.46. The summed E-state index contributed by atoms with van der Waals surface area (Å²) in [6, 6.07) is 3.57. The van der Waals surface area contributed by atoms with Crippen LogP contribution in [0, 0.1) is 24.1 Å². The van der Waals surface area contributed by atoms with Crippen LogP contribution < -0.4 is 10.6 Å². The van der Waals surface area contributed by atoms with Gasteiger partial charge in [-0.3, -0.25) is 19.3 Å². The van der Waals surface area contributed by atoms with Gasteiger partial charge in [-0.15, -0.1) is 0 Å². The molecule has 1 aromatic carbocycles. The topological polar surface area (TPSA) is 105 Å². The smallest absolute Gasteiger partial charge is 0.326 e. The number of aryl methyl sites for hydroxylation is 1. The average molecular weight is 433 g/mol. The Labute approximate surface area is 180 Å². The van der Waals surface area contributed by atoms with Gasteiger partial charge in [0.05, 0.1) is 0 Å². The minimum Gasteiger partial charge on any atom is -0.454 e. The quantitative estimate of drug-likeness (QED) is 0.549. The predicted octanol–water partition coefficient (Wildman–Crippen LogP) is 2.75. The number of nitrogens with one attached hydrogen (secondary N) is 2. The Balaban J connectivity index is 1.55. The van der Waals surface area contributed by atoms with E-state index < -0.39 is 48.3 Å². The van der Waals surface area contributed by atoms with E-state index in [9.17, 15) is 23.6 Å². The Bertz CT molecular complexity index is 932. The summed E-state index contributed by atoms with van der Waals surface area (Å²) in [7, 11) is 0. The molecule has 1 saturated heterocycles. The minimum absolute atomic E-state index is 0.120. The SMILES string of the molecule is Cc1ccc(NC(=O)COC(=O)CN2C(=O)N[C@@]3(C[C@H](C)CC(C)(C)C3)C2=O)cc1F. The van der Waals surface area contributed by atoms with Crippen molar-refractivity contribution in [2.45, 2.75) is 52.5 Å². The number of rotatable bonds is 5. The summed E-state index contributed by atoms with van der Waals surface area (Å²) in [5.74, 6) is -2.20. The third-order valence-electron chi connectivity index (χ3n) is 5.73. The van der Waals surface area contributed by atoms with Crippen molar-refractivity contribution in [3.8, 4) is 0 Å². The van der Waals surface area contributed by atoms with E-state index in [0.717, 1.165) is 17.4 Å². The van der Waals surface area contributed by atoms with Crippen LogP contribution in [0.25, 0.3) is 0 Å². The second-order valence-electron chi connectivity index (χ2n) is 9.43. The Hall–Kier alpha value is -2.97. The number of amides is 4. The molecule has 4 amide bonds. The van der Waals surface area contributed by atoms with Gasteiger partial charge in [-0.05, 0) is 55.2 Å². The van der Waals surface area contributed by atoms with Crippen LogP contribution in [0.3, 0.4) is 0 Å². The van der Waals surface area contributed by atoms with Crippen LogP contribution in [0.2, 0.25) is 0 Å². The lowest BCUT2D eigenvalue weighted by molar-refractivity contribution is -0.150. The molecule has 1 spiro atoms.